The summed E-state index contributed by atoms with van der Waals surface area (Å²) < 4.78 is 5.08. The number of ether oxygens (including phenoxy) is 1. The van der Waals surface area contributed by atoms with Crippen LogP contribution in [-0.4, -0.2) is 27.5 Å². The molecule has 1 aromatic heterocycles. The number of benzene rings is 2. The van der Waals surface area contributed by atoms with Gasteiger partial charge in [0.15, 0.2) is 0 Å². The number of nitrogens with zero attached hydrogens (tertiary/aromatic N) is 2. The quantitative estimate of drug-likeness (QED) is 0.414. The SMILES string of the molecule is CCCOC(=O)c1ccc(-c2nc3cc(Cl)c([N+](=O)[O-])cc3[nH]2)cc1. The zero-order chi connectivity index (χ0) is 18.0. The van der Waals surface area contributed by atoms with Crippen molar-refractivity contribution in [2.45, 2.75) is 13.3 Å². The van der Waals surface area contributed by atoms with E-state index in [1.165, 1.54) is 12.1 Å². The van der Waals surface area contributed by atoms with Crippen molar-refractivity contribution in [3.8, 4) is 11.4 Å². The summed E-state index contributed by atoms with van der Waals surface area (Å²) in [6, 6.07) is 9.56. The lowest BCUT2D eigenvalue weighted by molar-refractivity contribution is -0.384. The van der Waals surface area contributed by atoms with Gasteiger partial charge in [-0.3, -0.25) is 10.1 Å². The van der Waals surface area contributed by atoms with Crippen LogP contribution in [0.15, 0.2) is 36.4 Å². The molecule has 8 heteroatoms. The number of carbonyl (C=O) groups is 1. The minimum atomic E-state index is -0.543. The van der Waals surface area contributed by atoms with Gasteiger partial charge in [-0.25, -0.2) is 9.78 Å². The number of H-pyrrole nitrogens is 1. The van der Waals surface area contributed by atoms with Crippen molar-refractivity contribution >= 4 is 34.3 Å². The second-order valence-electron chi connectivity index (χ2n) is 5.38. The Labute approximate surface area is 147 Å². The third-order valence-corrected chi connectivity index (χ3v) is 3.88. The van der Waals surface area contributed by atoms with Crippen LogP contribution in [0, 0.1) is 10.1 Å². The lowest BCUT2D eigenvalue weighted by Crippen LogP contribution is -2.05. The Kier molecular flexibility index (Phi) is 4.67. The number of carbonyl (C=O) groups excluding carboxylic acids is 1. The first-order valence-electron chi connectivity index (χ1n) is 7.61. The zero-order valence-electron chi connectivity index (χ0n) is 13.3. The van der Waals surface area contributed by atoms with Crippen molar-refractivity contribution in [3.63, 3.8) is 0 Å². The number of hydrogen-bond acceptors (Lipinski definition) is 5. The Morgan fingerprint density at radius 3 is 2.68 bits per heavy atom. The van der Waals surface area contributed by atoms with Gasteiger partial charge in [0, 0.05) is 11.6 Å². The lowest BCUT2D eigenvalue weighted by Gasteiger charge is -2.03. The molecule has 0 atom stereocenters. The van der Waals surface area contributed by atoms with Crippen molar-refractivity contribution in [1.82, 2.24) is 9.97 Å². The highest BCUT2D eigenvalue weighted by molar-refractivity contribution is 6.33. The number of nitro groups is 1. The molecule has 3 rings (SSSR count). The van der Waals surface area contributed by atoms with Gasteiger partial charge < -0.3 is 9.72 Å². The van der Waals surface area contributed by atoms with Crippen LogP contribution < -0.4 is 0 Å². The molecule has 0 unspecified atom stereocenters. The minimum Gasteiger partial charge on any atom is -0.462 e. The van der Waals surface area contributed by atoms with E-state index in [2.05, 4.69) is 9.97 Å². The predicted molar refractivity (Wildman–Crippen MR) is 93.8 cm³/mol. The summed E-state index contributed by atoms with van der Waals surface area (Å²) in [7, 11) is 0. The van der Waals surface area contributed by atoms with E-state index in [0.717, 1.165) is 12.0 Å². The first kappa shape index (κ1) is 16.9. The summed E-state index contributed by atoms with van der Waals surface area (Å²) in [6.07, 6.45) is 0.761. The molecule has 3 aromatic rings. The predicted octanol–water partition coefficient (Wildman–Crippen LogP) is 4.36. The Morgan fingerprint density at radius 2 is 2.04 bits per heavy atom. The number of esters is 1. The Morgan fingerprint density at radius 1 is 1.32 bits per heavy atom. The summed E-state index contributed by atoms with van der Waals surface area (Å²) in [5, 5.41) is 11.0. The fourth-order valence-corrected chi connectivity index (χ4v) is 2.57. The molecule has 0 fully saturated rings. The molecule has 2 aromatic carbocycles. The van der Waals surface area contributed by atoms with Gasteiger partial charge in [-0.05, 0) is 24.6 Å². The largest absolute Gasteiger partial charge is 0.462 e. The summed E-state index contributed by atoms with van der Waals surface area (Å²) in [5.41, 5.74) is 2.04. The maximum absolute atomic E-state index is 11.8. The monoisotopic (exact) mass is 359 g/mol. The lowest BCUT2D eigenvalue weighted by atomic mass is 10.1. The molecule has 0 saturated heterocycles. The molecule has 0 bridgehead atoms. The number of hydrogen-bond donors (Lipinski definition) is 1. The van der Waals surface area contributed by atoms with E-state index in [4.69, 9.17) is 16.3 Å². The average molecular weight is 360 g/mol. The third kappa shape index (κ3) is 3.46. The van der Waals surface area contributed by atoms with E-state index in [1.54, 1.807) is 24.3 Å². The Bertz CT molecular complexity index is 950. The van der Waals surface area contributed by atoms with Crippen LogP contribution in [0.2, 0.25) is 5.02 Å². The van der Waals surface area contributed by atoms with Crippen molar-refractivity contribution in [1.29, 1.82) is 0 Å². The van der Waals surface area contributed by atoms with Gasteiger partial charge in [-0.1, -0.05) is 30.7 Å². The minimum absolute atomic E-state index is 0.0320. The molecular weight excluding hydrogens is 346 g/mol. The second kappa shape index (κ2) is 6.90. The van der Waals surface area contributed by atoms with Gasteiger partial charge >= 0.3 is 5.97 Å². The van der Waals surface area contributed by atoms with Gasteiger partial charge in [0.05, 0.1) is 28.1 Å². The number of aromatic nitrogens is 2. The fourth-order valence-electron chi connectivity index (χ4n) is 2.34. The smallest absolute Gasteiger partial charge is 0.338 e. The van der Waals surface area contributed by atoms with Gasteiger partial charge in [-0.15, -0.1) is 0 Å². The first-order valence-corrected chi connectivity index (χ1v) is 7.98. The highest BCUT2D eigenvalue weighted by Crippen LogP contribution is 2.30. The molecule has 7 nitrogen and oxygen atoms in total. The van der Waals surface area contributed by atoms with Crippen molar-refractivity contribution in [3.05, 3.63) is 57.1 Å². The Hall–Kier alpha value is -2.93. The van der Waals surface area contributed by atoms with Gasteiger partial charge in [0.25, 0.3) is 5.69 Å². The van der Waals surface area contributed by atoms with E-state index in [9.17, 15) is 14.9 Å². The van der Waals surface area contributed by atoms with Crippen molar-refractivity contribution < 1.29 is 14.5 Å². The van der Waals surface area contributed by atoms with E-state index in [0.29, 0.717) is 29.0 Å². The van der Waals surface area contributed by atoms with Crippen LogP contribution in [0.4, 0.5) is 5.69 Å². The topological polar surface area (TPSA) is 98.1 Å². The number of imidazole rings is 1. The number of aromatic amines is 1. The van der Waals surface area contributed by atoms with Gasteiger partial charge in [-0.2, -0.15) is 0 Å². The first-order chi connectivity index (χ1) is 12.0. The fraction of sp³-hybridized carbons (Fsp3) is 0.176. The maximum atomic E-state index is 11.8. The van der Waals surface area contributed by atoms with Crippen LogP contribution in [-0.2, 0) is 4.74 Å². The molecule has 25 heavy (non-hydrogen) atoms. The standard InChI is InChI=1S/C17H14ClN3O4/c1-2-7-25-17(22)11-5-3-10(4-6-11)16-19-13-8-12(18)15(21(23)24)9-14(13)20-16/h3-6,8-9H,2,7H2,1H3,(H,19,20). The molecule has 0 amide bonds. The highest BCUT2D eigenvalue weighted by Gasteiger charge is 2.16. The summed E-state index contributed by atoms with van der Waals surface area (Å²) in [4.78, 5) is 29.6. The molecule has 0 saturated carbocycles. The summed E-state index contributed by atoms with van der Waals surface area (Å²) in [6.45, 7) is 2.30. The summed E-state index contributed by atoms with van der Waals surface area (Å²) >= 11 is 5.90. The van der Waals surface area contributed by atoms with E-state index in [1.807, 2.05) is 6.92 Å². The molecular formula is C17H14ClN3O4. The summed E-state index contributed by atoms with van der Waals surface area (Å²) in [5.74, 6) is 0.153. The third-order valence-electron chi connectivity index (χ3n) is 3.58. The number of rotatable bonds is 5. The normalized spacial score (nSPS) is 10.8. The molecule has 1 N–H and O–H groups in total. The molecule has 0 radical (unpaired) electrons. The van der Waals surface area contributed by atoms with E-state index in [-0.39, 0.29) is 16.7 Å². The Balaban J connectivity index is 1.91. The van der Waals surface area contributed by atoms with Crippen LogP contribution >= 0.6 is 11.6 Å². The molecule has 128 valence electrons. The van der Waals surface area contributed by atoms with Gasteiger partial charge in [0.2, 0.25) is 0 Å². The average Bonchev–Trinajstić information content (AvgIpc) is 3.01. The van der Waals surface area contributed by atoms with Crippen LogP contribution in [0.3, 0.4) is 0 Å². The number of fused-ring (bicyclic) bond motifs is 1. The number of halogens is 1. The van der Waals surface area contributed by atoms with Crippen LogP contribution in [0.25, 0.3) is 22.4 Å². The zero-order valence-corrected chi connectivity index (χ0v) is 14.0. The number of nitrogens with one attached hydrogen (secondary N) is 1. The maximum Gasteiger partial charge on any atom is 0.338 e. The van der Waals surface area contributed by atoms with Crippen molar-refractivity contribution in [2.75, 3.05) is 6.61 Å². The molecule has 1 heterocycles. The van der Waals surface area contributed by atoms with Crippen LogP contribution in [0.5, 0.6) is 0 Å². The van der Waals surface area contributed by atoms with Gasteiger partial charge in [0.1, 0.15) is 10.8 Å². The van der Waals surface area contributed by atoms with Crippen LogP contribution in [0.1, 0.15) is 23.7 Å². The van der Waals surface area contributed by atoms with Crippen molar-refractivity contribution in [2.24, 2.45) is 0 Å². The molecule has 0 spiro atoms. The highest BCUT2D eigenvalue weighted by atomic mass is 35.5. The number of nitro benzene ring substituents is 1. The second-order valence-corrected chi connectivity index (χ2v) is 5.78. The molecule has 0 aliphatic heterocycles. The molecule has 0 aliphatic carbocycles. The molecule has 0 aliphatic rings. The van der Waals surface area contributed by atoms with E-state index >= 15 is 0 Å². The van der Waals surface area contributed by atoms with E-state index < -0.39 is 4.92 Å².